The van der Waals surface area contributed by atoms with Crippen LogP contribution in [0.2, 0.25) is 0 Å². The minimum atomic E-state index is -4.28. The fraction of sp³-hybridized carbons (Fsp3) is 0.700. The third-order valence-electron chi connectivity index (χ3n) is 9.51. The van der Waals surface area contributed by atoms with Crippen molar-refractivity contribution in [2.75, 3.05) is 11.9 Å². The predicted octanol–water partition coefficient (Wildman–Crippen LogP) is 10.4. The number of nitrogens with zero attached hydrogens (tertiary/aromatic N) is 2. The molecule has 1 amide bonds. The number of esters is 1. The first-order chi connectivity index (χ1) is 26.7. The molecule has 0 aliphatic carbocycles. The van der Waals surface area contributed by atoms with E-state index in [9.17, 15) is 18.9 Å². The molecular weight excluding hydrogens is 751 g/mol. The van der Waals surface area contributed by atoms with Crippen LogP contribution in [0.1, 0.15) is 149 Å². The molecule has 3 heterocycles. The molecule has 4 rings (SSSR count). The van der Waals surface area contributed by atoms with Crippen molar-refractivity contribution in [2.24, 2.45) is 0 Å². The Morgan fingerprint density at radius 1 is 0.929 bits per heavy atom. The number of phosphoric ester groups is 1. The number of hydrogen-bond acceptors (Lipinski definition) is 11. The molecule has 4 atom stereocenters. The van der Waals surface area contributed by atoms with Crippen LogP contribution in [0.4, 0.5) is 19.4 Å². The molecule has 2 aliphatic rings. The Hall–Kier alpha value is -3.39. The van der Waals surface area contributed by atoms with Gasteiger partial charge in [-0.2, -0.15) is 13.8 Å². The van der Waals surface area contributed by atoms with Crippen molar-refractivity contribution >= 4 is 25.7 Å². The van der Waals surface area contributed by atoms with Crippen LogP contribution in [0.5, 0.6) is 5.75 Å². The van der Waals surface area contributed by atoms with Crippen molar-refractivity contribution < 1.29 is 50.7 Å². The Labute approximate surface area is 329 Å². The van der Waals surface area contributed by atoms with Crippen LogP contribution in [0.25, 0.3) is 0 Å². The summed E-state index contributed by atoms with van der Waals surface area (Å²) in [5.41, 5.74) is -1.41. The molecule has 1 fully saturated rings. The molecule has 1 unspecified atom stereocenters. The lowest BCUT2D eigenvalue weighted by molar-refractivity contribution is -0.176. The van der Waals surface area contributed by atoms with Crippen molar-refractivity contribution in [3.8, 4) is 5.75 Å². The monoisotopic (exact) mass is 811 g/mol. The second-order valence-electron chi connectivity index (χ2n) is 15.5. The molecule has 16 heteroatoms. The van der Waals surface area contributed by atoms with Crippen LogP contribution in [0, 0.1) is 0 Å². The molecule has 2 aromatic rings. The summed E-state index contributed by atoms with van der Waals surface area (Å²) in [5, 5.41) is 2.28. The highest BCUT2D eigenvalue weighted by atomic mass is 31.2. The van der Waals surface area contributed by atoms with Gasteiger partial charge in [-0.15, -0.1) is 0 Å². The van der Waals surface area contributed by atoms with Gasteiger partial charge in [0.1, 0.15) is 23.3 Å². The van der Waals surface area contributed by atoms with Crippen molar-refractivity contribution in [3.05, 3.63) is 52.6 Å². The maximum absolute atomic E-state index is 16.2. The lowest BCUT2D eigenvalue weighted by Gasteiger charge is -2.27. The summed E-state index contributed by atoms with van der Waals surface area (Å²) in [5.74, 6) is -4.84. The molecule has 56 heavy (non-hydrogen) atoms. The number of para-hydroxylation sites is 1. The Morgan fingerprint density at radius 2 is 1.52 bits per heavy atom. The molecule has 2 aliphatic heterocycles. The number of rotatable bonds is 23. The normalized spacial score (nSPS) is 21.6. The van der Waals surface area contributed by atoms with Gasteiger partial charge in [-0.3, -0.25) is 23.7 Å². The molecule has 0 spiro atoms. The van der Waals surface area contributed by atoms with Crippen molar-refractivity contribution in [2.45, 2.75) is 173 Å². The van der Waals surface area contributed by atoms with Gasteiger partial charge in [0.05, 0.1) is 13.2 Å². The van der Waals surface area contributed by atoms with Gasteiger partial charge in [0, 0.05) is 18.2 Å². The van der Waals surface area contributed by atoms with Crippen LogP contribution < -0.4 is 15.5 Å². The minimum Gasteiger partial charge on any atom is -0.453 e. The average molecular weight is 812 g/mol. The molecule has 1 aromatic carbocycles. The number of carbonyl (C=O) groups excluding carboxylic acids is 2. The lowest BCUT2D eigenvalue weighted by Crippen LogP contribution is -2.44. The summed E-state index contributed by atoms with van der Waals surface area (Å²) in [6.07, 6.45) is 12.3. The Bertz CT molecular complexity index is 1650. The molecule has 1 aromatic heterocycles. The number of ether oxygens (including phenoxy) is 3. The lowest BCUT2D eigenvalue weighted by atomic mass is 10.0. The first-order valence-electron chi connectivity index (χ1n) is 20.2. The van der Waals surface area contributed by atoms with Gasteiger partial charge in [-0.25, -0.2) is 14.2 Å². The van der Waals surface area contributed by atoms with Crippen molar-refractivity contribution in [1.29, 1.82) is 0 Å². The Balaban J connectivity index is 1.29. The van der Waals surface area contributed by atoms with E-state index in [-0.39, 0.29) is 24.6 Å². The SMILES string of the molecule is CCCCCCCCCCCCCCCCCCC(=O)O[C@@H]1[C@@H](COP2(=O)OCc3ccccc3O2)O[C@@H](n2ccc(NC(=O)OC(C)(C)C)nc2=O)C1(F)F. The van der Waals surface area contributed by atoms with E-state index in [0.717, 1.165) is 37.9 Å². The highest BCUT2D eigenvalue weighted by molar-refractivity contribution is 7.49. The van der Waals surface area contributed by atoms with Gasteiger partial charge in [0.15, 0.2) is 6.10 Å². The highest BCUT2D eigenvalue weighted by Crippen LogP contribution is 2.55. The van der Waals surface area contributed by atoms with E-state index in [1.165, 1.54) is 70.6 Å². The summed E-state index contributed by atoms with van der Waals surface area (Å²) in [4.78, 5) is 41.8. The number of fused-ring (bicyclic) bond motifs is 1. The van der Waals surface area contributed by atoms with Crippen LogP contribution in [0.3, 0.4) is 0 Å². The summed E-state index contributed by atoms with van der Waals surface area (Å²) >= 11 is 0. The van der Waals surface area contributed by atoms with Crippen molar-refractivity contribution in [3.63, 3.8) is 0 Å². The van der Waals surface area contributed by atoms with Crippen LogP contribution in [-0.2, 0) is 39.2 Å². The number of amides is 1. The number of unbranched alkanes of at least 4 members (excludes halogenated alkanes) is 15. The minimum absolute atomic E-state index is 0.0999. The quantitative estimate of drug-likeness (QED) is 0.0648. The number of nitrogens with one attached hydrogen (secondary N) is 1. The molecule has 1 saturated heterocycles. The predicted molar refractivity (Wildman–Crippen MR) is 207 cm³/mol. The number of phosphoric acid groups is 1. The zero-order valence-corrected chi connectivity index (χ0v) is 34.2. The van der Waals surface area contributed by atoms with E-state index in [1.54, 1.807) is 45.0 Å². The molecule has 13 nitrogen and oxygen atoms in total. The number of benzene rings is 1. The van der Waals surface area contributed by atoms with Gasteiger partial charge in [-0.05, 0) is 39.3 Å². The fourth-order valence-electron chi connectivity index (χ4n) is 6.57. The second kappa shape index (κ2) is 21.9. The number of halogens is 2. The number of hydrogen-bond donors (Lipinski definition) is 1. The molecular formula is C40H60F2N3O10P. The van der Waals surface area contributed by atoms with Crippen LogP contribution in [-0.4, -0.2) is 52.0 Å². The largest absolute Gasteiger partial charge is 0.530 e. The standard InChI is InChI=1S/C40H60F2N3O10P/c1-5-6-7-8-9-10-11-12-13-14-15-16-17-18-19-20-25-34(46)53-35-32(29-51-56(49)50-28-30-23-21-22-24-31(30)55-56)52-36(40(35,41)42)45-27-26-33(43-37(45)47)44-38(48)54-39(2,3)4/h21-24,26-27,32,35-36H,5-20,25,28-29H2,1-4H3,(H,43,44,47,48)/t32-,35-,36-,56?/m1/s1. The van der Waals surface area contributed by atoms with Crippen LogP contribution in [0.15, 0.2) is 41.3 Å². The summed E-state index contributed by atoms with van der Waals surface area (Å²) in [7, 11) is -4.28. The third kappa shape index (κ3) is 14.5. The number of alkyl halides is 2. The molecule has 1 N–H and O–H groups in total. The first-order valence-corrected chi connectivity index (χ1v) is 21.7. The van der Waals surface area contributed by atoms with Gasteiger partial charge < -0.3 is 18.7 Å². The third-order valence-corrected chi connectivity index (χ3v) is 10.8. The van der Waals surface area contributed by atoms with Crippen molar-refractivity contribution in [1.82, 2.24) is 9.55 Å². The molecule has 314 valence electrons. The van der Waals surface area contributed by atoms with E-state index >= 15 is 8.78 Å². The molecule has 0 saturated carbocycles. The van der Waals surface area contributed by atoms with Gasteiger partial charge in [-0.1, -0.05) is 121 Å². The van der Waals surface area contributed by atoms with E-state index in [2.05, 4.69) is 17.2 Å². The van der Waals surface area contributed by atoms with E-state index in [1.807, 2.05) is 0 Å². The van der Waals surface area contributed by atoms with Crippen LogP contribution >= 0.6 is 7.82 Å². The fourth-order valence-corrected chi connectivity index (χ4v) is 7.80. The Kier molecular flexibility index (Phi) is 17.8. The summed E-state index contributed by atoms with van der Waals surface area (Å²) in [6.45, 7) is 6.26. The summed E-state index contributed by atoms with van der Waals surface area (Å²) < 4.78 is 78.4. The highest BCUT2D eigenvalue weighted by Gasteiger charge is 2.63. The van der Waals surface area contributed by atoms with Gasteiger partial charge in [0.2, 0.25) is 6.23 Å². The van der Waals surface area contributed by atoms with Gasteiger partial charge in [0.25, 0.3) is 0 Å². The topological polar surface area (TPSA) is 154 Å². The average Bonchev–Trinajstić information content (AvgIpc) is 3.37. The van der Waals surface area contributed by atoms with E-state index in [0.29, 0.717) is 16.6 Å². The summed E-state index contributed by atoms with van der Waals surface area (Å²) in [6, 6.07) is 7.79. The smallest absolute Gasteiger partial charge is 0.453 e. The van der Waals surface area contributed by atoms with E-state index < -0.39 is 62.1 Å². The molecule has 0 bridgehead atoms. The Morgan fingerprint density at radius 3 is 2.11 bits per heavy atom. The first kappa shape index (κ1) is 45.3. The number of carbonyl (C=O) groups is 2. The number of anilines is 1. The number of aromatic nitrogens is 2. The molecule has 0 radical (unpaired) electrons. The van der Waals surface area contributed by atoms with Gasteiger partial charge >= 0.3 is 31.5 Å². The van der Waals surface area contributed by atoms with E-state index in [4.69, 9.17) is 27.8 Å². The maximum Gasteiger partial charge on any atom is 0.530 e. The second-order valence-corrected chi connectivity index (χ2v) is 17.1. The maximum atomic E-state index is 16.2. The zero-order chi connectivity index (χ0) is 40.6. The zero-order valence-electron chi connectivity index (χ0n) is 33.3.